The topological polar surface area (TPSA) is 75.6 Å². The number of hydrogen-bond acceptors (Lipinski definition) is 3. The van der Waals surface area contributed by atoms with Crippen molar-refractivity contribution in [3.05, 3.63) is 100 Å². The predicted octanol–water partition coefficient (Wildman–Crippen LogP) is 4.45. The summed E-state index contributed by atoms with van der Waals surface area (Å²) in [6, 6.07) is 22.8. The normalized spacial score (nSPS) is 11.5. The fraction of sp³-hybridized carbons (Fsp3) is 0.130. The van der Waals surface area contributed by atoms with E-state index in [1.807, 2.05) is 48.5 Å². The third-order valence-corrected chi connectivity index (χ3v) is 4.77. The first-order valence-electron chi connectivity index (χ1n) is 9.06. The molecule has 1 atom stereocenters. The van der Waals surface area contributed by atoms with Gasteiger partial charge in [0.2, 0.25) is 0 Å². The highest BCUT2D eigenvalue weighted by molar-refractivity contribution is 9.10. The van der Waals surface area contributed by atoms with Gasteiger partial charge >= 0.3 is 5.97 Å². The molecule has 5 nitrogen and oxygen atoms in total. The fourth-order valence-electron chi connectivity index (χ4n) is 2.81. The van der Waals surface area contributed by atoms with Crippen molar-refractivity contribution in [2.24, 2.45) is 0 Å². The van der Waals surface area contributed by atoms with E-state index in [2.05, 4.69) is 21.2 Å². The van der Waals surface area contributed by atoms with Crippen LogP contribution in [-0.4, -0.2) is 23.0 Å². The molecule has 29 heavy (non-hydrogen) atoms. The lowest BCUT2D eigenvalue weighted by atomic mass is 10.0. The van der Waals surface area contributed by atoms with E-state index in [4.69, 9.17) is 4.74 Å². The third kappa shape index (κ3) is 6.19. The molecular weight excluding hydrogens is 434 g/mol. The maximum atomic E-state index is 12.4. The molecule has 0 aliphatic heterocycles. The Morgan fingerprint density at radius 1 is 0.931 bits per heavy atom. The molecule has 0 radical (unpaired) electrons. The number of aliphatic carboxylic acids is 1. The van der Waals surface area contributed by atoms with Crippen LogP contribution in [0.1, 0.15) is 21.5 Å². The van der Waals surface area contributed by atoms with Crippen molar-refractivity contribution in [3.63, 3.8) is 0 Å². The second kappa shape index (κ2) is 9.89. The summed E-state index contributed by atoms with van der Waals surface area (Å²) >= 11 is 3.31. The SMILES string of the molecule is O=C(N[C@H](Cc1cccc(OCc2ccccc2)c1)C(=O)O)c1cccc(Br)c1. The molecule has 3 aromatic carbocycles. The molecule has 0 aliphatic carbocycles. The fourth-order valence-corrected chi connectivity index (χ4v) is 3.21. The smallest absolute Gasteiger partial charge is 0.326 e. The molecule has 3 aromatic rings. The summed E-state index contributed by atoms with van der Waals surface area (Å²) in [5.41, 5.74) is 2.20. The average molecular weight is 454 g/mol. The Balaban J connectivity index is 1.65. The molecule has 0 fully saturated rings. The first-order valence-corrected chi connectivity index (χ1v) is 9.85. The van der Waals surface area contributed by atoms with Gasteiger partial charge in [-0.3, -0.25) is 4.79 Å². The van der Waals surface area contributed by atoms with E-state index in [-0.39, 0.29) is 6.42 Å². The van der Waals surface area contributed by atoms with Crippen LogP contribution in [0.4, 0.5) is 0 Å². The highest BCUT2D eigenvalue weighted by atomic mass is 79.9. The number of amides is 1. The maximum absolute atomic E-state index is 12.4. The number of carboxylic acid groups (broad SMARTS) is 1. The van der Waals surface area contributed by atoms with Crippen LogP contribution >= 0.6 is 15.9 Å². The molecule has 1 amide bonds. The average Bonchev–Trinajstić information content (AvgIpc) is 2.73. The molecule has 0 saturated heterocycles. The number of benzene rings is 3. The second-order valence-corrected chi connectivity index (χ2v) is 7.42. The van der Waals surface area contributed by atoms with Gasteiger partial charge in [0.05, 0.1) is 0 Å². The van der Waals surface area contributed by atoms with Gasteiger partial charge in [-0.05, 0) is 41.5 Å². The molecule has 0 bridgehead atoms. The van der Waals surface area contributed by atoms with Crippen LogP contribution in [0.3, 0.4) is 0 Å². The Morgan fingerprint density at radius 3 is 2.38 bits per heavy atom. The van der Waals surface area contributed by atoms with E-state index in [0.29, 0.717) is 17.9 Å². The van der Waals surface area contributed by atoms with Crippen LogP contribution in [0.25, 0.3) is 0 Å². The minimum atomic E-state index is -1.09. The summed E-state index contributed by atoms with van der Waals surface area (Å²) in [6.45, 7) is 0.423. The molecule has 2 N–H and O–H groups in total. The van der Waals surface area contributed by atoms with E-state index >= 15 is 0 Å². The number of carboxylic acids is 1. The number of carbonyl (C=O) groups excluding carboxylic acids is 1. The largest absolute Gasteiger partial charge is 0.489 e. The van der Waals surface area contributed by atoms with Gasteiger partial charge in [-0.1, -0.05) is 64.5 Å². The van der Waals surface area contributed by atoms with Crippen molar-refractivity contribution < 1.29 is 19.4 Å². The number of carbonyl (C=O) groups is 2. The van der Waals surface area contributed by atoms with Crippen LogP contribution in [0.15, 0.2) is 83.3 Å². The predicted molar refractivity (Wildman–Crippen MR) is 114 cm³/mol. The summed E-state index contributed by atoms with van der Waals surface area (Å²) in [5.74, 6) is -0.882. The maximum Gasteiger partial charge on any atom is 0.326 e. The highest BCUT2D eigenvalue weighted by Crippen LogP contribution is 2.17. The molecule has 0 spiro atoms. The van der Waals surface area contributed by atoms with E-state index in [1.54, 1.807) is 30.3 Å². The molecule has 148 valence electrons. The summed E-state index contributed by atoms with van der Waals surface area (Å²) in [7, 11) is 0. The zero-order valence-corrected chi connectivity index (χ0v) is 17.1. The van der Waals surface area contributed by atoms with E-state index in [1.165, 1.54) is 0 Å². The number of hydrogen-bond donors (Lipinski definition) is 2. The summed E-state index contributed by atoms with van der Waals surface area (Å²) < 4.78 is 6.55. The molecule has 0 saturated carbocycles. The lowest BCUT2D eigenvalue weighted by Crippen LogP contribution is -2.42. The molecule has 0 heterocycles. The minimum Gasteiger partial charge on any atom is -0.489 e. The van der Waals surface area contributed by atoms with Crippen molar-refractivity contribution in [2.75, 3.05) is 0 Å². The lowest BCUT2D eigenvalue weighted by molar-refractivity contribution is -0.139. The molecular formula is C23H20BrNO4. The number of halogens is 1. The quantitative estimate of drug-likeness (QED) is 0.527. The van der Waals surface area contributed by atoms with Gasteiger partial charge < -0.3 is 15.2 Å². The first kappa shape index (κ1) is 20.6. The van der Waals surface area contributed by atoms with Crippen molar-refractivity contribution >= 4 is 27.8 Å². The number of ether oxygens (including phenoxy) is 1. The Morgan fingerprint density at radius 2 is 1.66 bits per heavy atom. The van der Waals surface area contributed by atoms with E-state index < -0.39 is 17.9 Å². The Hall–Kier alpha value is -3.12. The van der Waals surface area contributed by atoms with Crippen LogP contribution < -0.4 is 10.1 Å². The Kier molecular flexibility index (Phi) is 7.03. The Labute approximate surface area is 177 Å². The summed E-state index contributed by atoms with van der Waals surface area (Å²) in [6.07, 6.45) is 0.150. The van der Waals surface area contributed by atoms with Crippen LogP contribution in [0.2, 0.25) is 0 Å². The van der Waals surface area contributed by atoms with Gasteiger partial charge in [-0.2, -0.15) is 0 Å². The molecule has 3 rings (SSSR count). The summed E-state index contributed by atoms with van der Waals surface area (Å²) in [4.78, 5) is 24.1. The van der Waals surface area contributed by atoms with Crippen molar-refractivity contribution in [1.29, 1.82) is 0 Å². The molecule has 0 unspecified atom stereocenters. The van der Waals surface area contributed by atoms with Gasteiger partial charge in [0.15, 0.2) is 0 Å². The number of rotatable bonds is 8. The van der Waals surface area contributed by atoms with E-state index in [0.717, 1.165) is 15.6 Å². The lowest BCUT2D eigenvalue weighted by Gasteiger charge is -2.15. The zero-order chi connectivity index (χ0) is 20.6. The zero-order valence-electron chi connectivity index (χ0n) is 15.5. The molecule has 6 heteroatoms. The molecule has 0 aromatic heterocycles. The van der Waals surface area contributed by atoms with Crippen LogP contribution in [0.5, 0.6) is 5.75 Å². The van der Waals surface area contributed by atoms with Crippen molar-refractivity contribution in [3.8, 4) is 5.75 Å². The van der Waals surface area contributed by atoms with Gasteiger partial charge in [-0.25, -0.2) is 4.79 Å². The van der Waals surface area contributed by atoms with Gasteiger partial charge in [0.1, 0.15) is 18.4 Å². The van der Waals surface area contributed by atoms with Gasteiger partial charge in [-0.15, -0.1) is 0 Å². The van der Waals surface area contributed by atoms with Gasteiger partial charge in [0, 0.05) is 16.5 Å². The first-order chi connectivity index (χ1) is 14.0. The summed E-state index contributed by atoms with van der Waals surface area (Å²) in [5, 5.41) is 12.1. The van der Waals surface area contributed by atoms with Crippen LogP contribution in [0, 0.1) is 0 Å². The highest BCUT2D eigenvalue weighted by Gasteiger charge is 2.21. The second-order valence-electron chi connectivity index (χ2n) is 6.50. The minimum absolute atomic E-state index is 0.150. The van der Waals surface area contributed by atoms with E-state index in [9.17, 15) is 14.7 Å². The monoisotopic (exact) mass is 453 g/mol. The standard InChI is InChI=1S/C23H20BrNO4/c24-19-10-5-9-18(14-19)22(26)25-21(23(27)28)13-17-8-4-11-20(12-17)29-15-16-6-2-1-3-7-16/h1-12,14,21H,13,15H2,(H,25,26)(H,27,28)/t21-/m1/s1. The molecule has 0 aliphatic rings. The van der Waals surface area contributed by atoms with Gasteiger partial charge in [0.25, 0.3) is 5.91 Å². The van der Waals surface area contributed by atoms with Crippen LogP contribution in [-0.2, 0) is 17.8 Å². The van der Waals surface area contributed by atoms with Crippen molar-refractivity contribution in [2.45, 2.75) is 19.1 Å². The third-order valence-electron chi connectivity index (χ3n) is 4.28. The number of nitrogens with one attached hydrogen (secondary N) is 1. The Bertz CT molecular complexity index is 991. The van der Waals surface area contributed by atoms with Crippen molar-refractivity contribution in [1.82, 2.24) is 5.32 Å².